The Balaban J connectivity index is 1.39. The van der Waals surface area contributed by atoms with E-state index in [2.05, 4.69) is 128 Å². The highest BCUT2D eigenvalue weighted by molar-refractivity contribution is 5.97. The second kappa shape index (κ2) is 10.8. The molecule has 0 saturated heterocycles. The van der Waals surface area contributed by atoms with Crippen LogP contribution in [-0.4, -0.2) is 19.6 Å². The third kappa shape index (κ3) is 4.63. The van der Waals surface area contributed by atoms with Crippen molar-refractivity contribution in [3.05, 3.63) is 157 Å². The molecule has 0 aliphatic heterocycles. The van der Waals surface area contributed by atoms with E-state index in [0.717, 1.165) is 55.6 Å². The van der Waals surface area contributed by atoms with E-state index in [1.807, 2.05) is 34.8 Å². The molecule has 4 heteroatoms. The number of rotatable bonds is 5. The summed E-state index contributed by atoms with van der Waals surface area (Å²) < 4.78 is 1.99. The number of benzene rings is 5. The van der Waals surface area contributed by atoms with E-state index >= 15 is 0 Å². The lowest BCUT2D eigenvalue weighted by molar-refractivity contribution is 0.974. The Labute approximate surface area is 256 Å². The van der Waals surface area contributed by atoms with Crippen molar-refractivity contribution < 1.29 is 0 Å². The Kier molecular flexibility index (Phi) is 6.31. The summed E-state index contributed by atoms with van der Waals surface area (Å²) >= 11 is 0. The van der Waals surface area contributed by atoms with Crippen molar-refractivity contribution in [1.82, 2.24) is 19.6 Å². The molecule has 0 fully saturated rings. The van der Waals surface area contributed by atoms with Crippen LogP contribution < -0.4 is 0 Å². The van der Waals surface area contributed by atoms with Gasteiger partial charge >= 0.3 is 0 Å². The fourth-order valence-corrected chi connectivity index (χ4v) is 5.98. The molecule has 208 valence electrons. The number of fused-ring (bicyclic) bond motifs is 2. The summed E-state index contributed by atoms with van der Waals surface area (Å²) in [6, 6.07) is 50.4. The Bertz CT molecular complexity index is 2270. The molecule has 0 spiro atoms. The summed E-state index contributed by atoms with van der Waals surface area (Å²) in [6.45, 7) is 2.16. The van der Waals surface area contributed by atoms with Crippen molar-refractivity contribution in [2.45, 2.75) is 6.92 Å². The Hall–Kier alpha value is -5.87. The van der Waals surface area contributed by atoms with Crippen molar-refractivity contribution in [2.75, 3.05) is 0 Å². The number of nitrogens with zero attached hydrogens (tertiary/aromatic N) is 4. The lowest BCUT2D eigenvalue weighted by Gasteiger charge is -2.12. The monoisotopic (exact) mass is 564 g/mol. The van der Waals surface area contributed by atoms with Crippen molar-refractivity contribution in [3.63, 3.8) is 0 Å². The highest BCUT2D eigenvalue weighted by atomic mass is 15.2. The quantitative estimate of drug-likeness (QED) is 0.209. The Morgan fingerprint density at radius 2 is 1.11 bits per heavy atom. The number of hydrogen-bond acceptors (Lipinski definition) is 3. The Morgan fingerprint density at radius 1 is 0.500 bits per heavy atom. The molecule has 0 amide bonds. The van der Waals surface area contributed by atoms with Crippen LogP contribution in [0.1, 0.15) is 5.56 Å². The first kappa shape index (κ1) is 25.8. The van der Waals surface area contributed by atoms with Crippen LogP contribution in [0.2, 0.25) is 0 Å². The van der Waals surface area contributed by atoms with E-state index in [1.165, 1.54) is 16.7 Å². The zero-order valence-corrected chi connectivity index (χ0v) is 24.2. The van der Waals surface area contributed by atoms with Gasteiger partial charge < -0.3 is 0 Å². The van der Waals surface area contributed by atoms with Gasteiger partial charge in [0, 0.05) is 28.3 Å². The lowest BCUT2D eigenvalue weighted by atomic mass is 9.96. The third-order valence-corrected chi connectivity index (χ3v) is 8.17. The summed E-state index contributed by atoms with van der Waals surface area (Å²) in [5, 5.41) is 7.42. The SMILES string of the molecule is Cc1cc(-c2cc(-c3c(-c4ccccc4)nn4cc5ccccc5cc34)nc(-c3ccccc3)n2)ccc1-c1ccccc1. The molecule has 44 heavy (non-hydrogen) atoms. The van der Waals surface area contributed by atoms with Crippen LogP contribution >= 0.6 is 0 Å². The van der Waals surface area contributed by atoms with Crippen molar-refractivity contribution in [2.24, 2.45) is 0 Å². The van der Waals surface area contributed by atoms with Crippen molar-refractivity contribution in [3.8, 4) is 56.3 Å². The van der Waals surface area contributed by atoms with Crippen molar-refractivity contribution >= 4 is 16.3 Å². The molecule has 0 saturated carbocycles. The number of hydrogen-bond donors (Lipinski definition) is 0. The van der Waals surface area contributed by atoms with Gasteiger partial charge in [-0.15, -0.1) is 0 Å². The van der Waals surface area contributed by atoms with Crippen LogP contribution in [-0.2, 0) is 0 Å². The van der Waals surface area contributed by atoms with Gasteiger partial charge in [-0.05, 0) is 47.2 Å². The summed E-state index contributed by atoms with van der Waals surface area (Å²) in [5.74, 6) is 0.682. The minimum Gasteiger partial charge on any atom is -0.239 e. The first-order valence-electron chi connectivity index (χ1n) is 14.8. The minimum absolute atomic E-state index is 0.682. The summed E-state index contributed by atoms with van der Waals surface area (Å²) in [4.78, 5) is 10.3. The molecule has 3 aromatic heterocycles. The molecule has 4 nitrogen and oxygen atoms in total. The van der Waals surface area contributed by atoms with E-state index < -0.39 is 0 Å². The van der Waals surface area contributed by atoms with Gasteiger partial charge in [-0.3, -0.25) is 0 Å². The second-order valence-electron chi connectivity index (χ2n) is 11.0. The topological polar surface area (TPSA) is 43.1 Å². The summed E-state index contributed by atoms with van der Waals surface area (Å²) in [5.41, 5.74) is 11.3. The summed E-state index contributed by atoms with van der Waals surface area (Å²) in [7, 11) is 0. The molecule has 0 unspecified atom stereocenters. The van der Waals surface area contributed by atoms with Gasteiger partial charge in [0.2, 0.25) is 0 Å². The van der Waals surface area contributed by atoms with Crippen LogP contribution in [0.3, 0.4) is 0 Å². The van der Waals surface area contributed by atoms with Gasteiger partial charge in [0.1, 0.15) is 5.69 Å². The maximum Gasteiger partial charge on any atom is 0.160 e. The Morgan fingerprint density at radius 3 is 1.82 bits per heavy atom. The first-order chi connectivity index (χ1) is 21.7. The molecular weight excluding hydrogens is 536 g/mol. The molecule has 5 aromatic carbocycles. The average Bonchev–Trinajstić information content (AvgIpc) is 3.46. The largest absolute Gasteiger partial charge is 0.239 e. The van der Waals surface area contributed by atoms with Crippen LogP contribution in [0.15, 0.2) is 152 Å². The standard InChI is InChI=1S/C40H28N4/c1-27-23-32(21-22-34(27)28-13-5-2-6-14-28)35-25-36(42-40(41-35)30-17-9-4-10-18-30)38-37-24-31-19-11-12-20-33(31)26-44(37)43-39(38)29-15-7-3-8-16-29/h2-26H,1H3. The molecule has 3 heterocycles. The smallest absolute Gasteiger partial charge is 0.160 e. The van der Waals surface area contributed by atoms with Gasteiger partial charge in [-0.1, -0.05) is 127 Å². The molecule has 0 aliphatic carbocycles. The van der Waals surface area contributed by atoms with E-state index in [1.54, 1.807) is 0 Å². The molecule has 0 atom stereocenters. The van der Waals surface area contributed by atoms with Crippen LogP contribution in [0, 0.1) is 6.92 Å². The van der Waals surface area contributed by atoms with Crippen molar-refractivity contribution in [1.29, 1.82) is 0 Å². The number of aryl methyl sites for hydroxylation is 1. The van der Waals surface area contributed by atoms with Crippen LogP contribution in [0.4, 0.5) is 0 Å². The fraction of sp³-hybridized carbons (Fsp3) is 0.0250. The lowest BCUT2D eigenvalue weighted by Crippen LogP contribution is -1.97. The normalized spacial score (nSPS) is 11.3. The average molecular weight is 565 g/mol. The van der Waals surface area contributed by atoms with Crippen LogP contribution in [0.25, 0.3) is 72.6 Å². The zero-order valence-electron chi connectivity index (χ0n) is 24.2. The molecule has 8 rings (SSSR count). The highest BCUT2D eigenvalue weighted by Gasteiger charge is 2.21. The van der Waals surface area contributed by atoms with E-state index in [0.29, 0.717) is 5.82 Å². The molecule has 0 N–H and O–H groups in total. The molecule has 0 aliphatic rings. The maximum atomic E-state index is 5.21. The second-order valence-corrected chi connectivity index (χ2v) is 11.0. The number of pyridine rings is 1. The van der Waals surface area contributed by atoms with Gasteiger partial charge in [0.25, 0.3) is 0 Å². The van der Waals surface area contributed by atoms with E-state index in [-0.39, 0.29) is 0 Å². The van der Waals surface area contributed by atoms with E-state index in [9.17, 15) is 0 Å². The van der Waals surface area contributed by atoms with Gasteiger partial charge in [0.15, 0.2) is 5.82 Å². The summed E-state index contributed by atoms with van der Waals surface area (Å²) in [6.07, 6.45) is 2.10. The van der Waals surface area contributed by atoms with Gasteiger partial charge in [-0.2, -0.15) is 5.10 Å². The molecule has 0 bridgehead atoms. The minimum atomic E-state index is 0.682. The van der Waals surface area contributed by atoms with E-state index in [4.69, 9.17) is 15.1 Å². The third-order valence-electron chi connectivity index (χ3n) is 8.17. The predicted octanol–water partition coefficient (Wildman–Crippen LogP) is 9.92. The zero-order chi connectivity index (χ0) is 29.5. The fourth-order valence-electron chi connectivity index (χ4n) is 5.98. The molecule has 8 aromatic rings. The maximum absolute atomic E-state index is 5.21. The predicted molar refractivity (Wildman–Crippen MR) is 180 cm³/mol. The van der Waals surface area contributed by atoms with Gasteiger partial charge in [0.05, 0.1) is 22.5 Å². The molecular formula is C40H28N4. The first-order valence-corrected chi connectivity index (χ1v) is 14.8. The van der Waals surface area contributed by atoms with Crippen LogP contribution in [0.5, 0.6) is 0 Å². The number of aromatic nitrogens is 4. The van der Waals surface area contributed by atoms with Gasteiger partial charge in [-0.25, -0.2) is 14.5 Å². The molecule has 0 radical (unpaired) electrons. The highest BCUT2D eigenvalue weighted by Crippen LogP contribution is 2.38.